The molecule has 0 aromatic rings. The minimum Gasteiger partial charge on any atom is -0.323 e. The molecule has 1 aliphatic rings. The highest BCUT2D eigenvalue weighted by atomic mass is 127. The molecule has 1 rings (SSSR count). The topological polar surface area (TPSA) is 63.4 Å². The quantitative estimate of drug-likeness (QED) is 0.497. The molecule has 0 amide bonds. The fourth-order valence-corrected chi connectivity index (χ4v) is 4.42. The van der Waals surface area contributed by atoms with Gasteiger partial charge in [0.05, 0.1) is 11.5 Å². The highest BCUT2D eigenvalue weighted by molar-refractivity contribution is 14.1. The van der Waals surface area contributed by atoms with Crippen LogP contribution in [-0.4, -0.2) is 41.7 Å². The molecule has 2 N–H and O–H groups in total. The zero-order valence-corrected chi connectivity index (χ0v) is 9.93. The van der Waals surface area contributed by atoms with E-state index in [1.54, 1.807) is 6.92 Å². The maximum Gasteiger partial charge on any atom is 0.153 e. The Morgan fingerprint density at radius 2 is 2.17 bits per heavy atom. The molecule has 0 aromatic heterocycles. The standard InChI is InChI=1S/C6H13IN2O2S/c1-6(8)4-9(7)2-3-12(10,11)5-6/h2-5,8H2,1H3. The van der Waals surface area contributed by atoms with E-state index in [1.165, 1.54) is 0 Å². The Morgan fingerprint density at radius 1 is 1.58 bits per heavy atom. The largest absolute Gasteiger partial charge is 0.323 e. The van der Waals surface area contributed by atoms with E-state index in [0.29, 0.717) is 13.1 Å². The van der Waals surface area contributed by atoms with E-state index >= 15 is 0 Å². The second-order valence-corrected chi connectivity index (χ2v) is 7.14. The molecule has 0 radical (unpaired) electrons. The number of rotatable bonds is 0. The number of hydrogen-bond acceptors (Lipinski definition) is 4. The molecule has 1 unspecified atom stereocenters. The zero-order chi connectivity index (χ0) is 9.41. The van der Waals surface area contributed by atoms with Crippen molar-refractivity contribution in [1.29, 1.82) is 0 Å². The smallest absolute Gasteiger partial charge is 0.153 e. The summed E-state index contributed by atoms with van der Waals surface area (Å²) in [5.74, 6) is 0.322. The van der Waals surface area contributed by atoms with Crippen LogP contribution < -0.4 is 5.73 Å². The van der Waals surface area contributed by atoms with Crippen molar-refractivity contribution in [2.24, 2.45) is 5.73 Å². The Balaban J connectivity index is 2.84. The molecule has 0 aromatic carbocycles. The van der Waals surface area contributed by atoms with Crippen LogP contribution in [0.15, 0.2) is 0 Å². The van der Waals surface area contributed by atoms with E-state index in [9.17, 15) is 8.42 Å². The first-order chi connectivity index (χ1) is 5.31. The number of nitrogens with two attached hydrogens (primary N) is 1. The molecule has 72 valence electrons. The lowest BCUT2D eigenvalue weighted by molar-refractivity contribution is 0.409. The van der Waals surface area contributed by atoms with Gasteiger partial charge < -0.3 is 5.73 Å². The van der Waals surface area contributed by atoms with Gasteiger partial charge in [-0.3, -0.25) is 0 Å². The molecule has 1 heterocycles. The SMILES string of the molecule is CC1(N)CN(I)CCS(=O)(=O)C1. The highest BCUT2D eigenvalue weighted by Gasteiger charge is 2.32. The minimum atomic E-state index is -2.93. The summed E-state index contributed by atoms with van der Waals surface area (Å²) in [7, 11) is -2.93. The van der Waals surface area contributed by atoms with Crippen molar-refractivity contribution in [3.05, 3.63) is 0 Å². The zero-order valence-electron chi connectivity index (χ0n) is 6.96. The Kier molecular flexibility index (Phi) is 3.02. The molecule has 0 aliphatic carbocycles. The van der Waals surface area contributed by atoms with Gasteiger partial charge in [-0.05, 0) is 6.92 Å². The van der Waals surface area contributed by atoms with Crippen molar-refractivity contribution in [1.82, 2.24) is 3.11 Å². The van der Waals surface area contributed by atoms with E-state index in [4.69, 9.17) is 5.73 Å². The van der Waals surface area contributed by atoms with Crippen LogP contribution in [0.3, 0.4) is 0 Å². The van der Waals surface area contributed by atoms with Gasteiger partial charge >= 0.3 is 0 Å². The highest BCUT2D eigenvalue weighted by Crippen LogP contribution is 2.15. The lowest BCUT2D eigenvalue weighted by Crippen LogP contribution is -2.48. The second-order valence-electron chi connectivity index (χ2n) is 3.59. The molecule has 6 heteroatoms. The second kappa shape index (κ2) is 3.39. The molecule has 1 atom stereocenters. The normalized spacial score (nSPS) is 37.6. The van der Waals surface area contributed by atoms with Crippen molar-refractivity contribution in [3.8, 4) is 0 Å². The van der Waals surface area contributed by atoms with Crippen LogP contribution in [0.4, 0.5) is 0 Å². The van der Waals surface area contributed by atoms with Crippen LogP contribution in [0.5, 0.6) is 0 Å². The van der Waals surface area contributed by atoms with Gasteiger partial charge in [-0.2, -0.15) is 0 Å². The first-order valence-corrected chi connectivity index (χ1v) is 6.49. The van der Waals surface area contributed by atoms with Crippen LogP contribution >= 0.6 is 22.9 Å². The van der Waals surface area contributed by atoms with Gasteiger partial charge in [0.2, 0.25) is 0 Å². The Morgan fingerprint density at radius 3 is 2.75 bits per heavy atom. The predicted octanol–water partition coefficient (Wildman–Crippen LogP) is -0.216. The van der Waals surface area contributed by atoms with E-state index in [2.05, 4.69) is 22.9 Å². The number of halogens is 1. The van der Waals surface area contributed by atoms with Crippen molar-refractivity contribution in [2.45, 2.75) is 12.5 Å². The Bertz CT molecular complexity index is 263. The van der Waals surface area contributed by atoms with Crippen LogP contribution in [0.1, 0.15) is 6.92 Å². The summed E-state index contributed by atoms with van der Waals surface area (Å²) >= 11 is 2.11. The van der Waals surface area contributed by atoms with Gasteiger partial charge in [0.15, 0.2) is 9.84 Å². The van der Waals surface area contributed by atoms with Crippen molar-refractivity contribution in [2.75, 3.05) is 24.6 Å². The maximum atomic E-state index is 11.3. The molecule has 1 fully saturated rings. The average molecular weight is 304 g/mol. The summed E-state index contributed by atoms with van der Waals surface area (Å²) in [6, 6.07) is 0. The van der Waals surface area contributed by atoms with Crippen molar-refractivity contribution in [3.63, 3.8) is 0 Å². The van der Waals surface area contributed by atoms with Gasteiger partial charge in [0.25, 0.3) is 0 Å². The predicted molar refractivity (Wildman–Crippen MR) is 56.8 cm³/mol. The van der Waals surface area contributed by atoms with E-state index in [1.807, 2.05) is 3.11 Å². The molecular formula is C6H13IN2O2S. The Labute approximate surface area is 86.9 Å². The number of sulfone groups is 1. The maximum absolute atomic E-state index is 11.3. The van der Waals surface area contributed by atoms with Gasteiger partial charge in [0, 0.05) is 41.5 Å². The fraction of sp³-hybridized carbons (Fsp3) is 1.00. The third-order valence-corrected chi connectivity index (χ3v) is 4.45. The van der Waals surface area contributed by atoms with Crippen LogP contribution in [0, 0.1) is 0 Å². The molecule has 1 aliphatic heterocycles. The first kappa shape index (κ1) is 10.7. The molecule has 12 heavy (non-hydrogen) atoms. The van der Waals surface area contributed by atoms with E-state index in [-0.39, 0.29) is 11.5 Å². The van der Waals surface area contributed by atoms with Crippen LogP contribution in [0.2, 0.25) is 0 Å². The average Bonchev–Trinajstić information content (AvgIpc) is 1.86. The first-order valence-electron chi connectivity index (χ1n) is 3.71. The molecule has 0 bridgehead atoms. The van der Waals surface area contributed by atoms with Gasteiger partial charge in [-0.15, -0.1) is 0 Å². The summed E-state index contributed by atoms with van der Waals surface area (Å²) in [5.41, 5.74) is 5.22. The van der Waals surface area contributed by atoms with E-state index < -0.39 is 15.4 Å². The summed E-state index contributed by atoms with van der Waals surface area (Å²) in [5, 5.41) is 0. The summed E-state index contributed by atoms with van der Waals surface area (Å²) in [4.78, 5) is 0. The lowest BCUT2D eigenvalue weighted by atomic mass is 10.1. The third-order valence-electron chi connectivity index (χ3n) is 1.73. The van der Waals surface area contributed by atoms with E-state index in [0.717, 1.165) is 0 Å². The lowest BCUT2D eigenvalue weighted by Gasteiger charge is -2.24. The molecular weight excluding hydrogens is 291 g/mol. The number of nitrogens with zero attached hydrogens (tertiary/aromatic N) is 1. The summed E-state index contributed by atoms with van der Waals surface area (Å²) < 4.78 is 24.6. The van der Waals surface area contributed by atoms with Crippen molar-refractivity contribution >= 4 is 32.7 Å². The summed E-state index contributed by atoms with van der Waals surface area (Å²) in [6.45, 7) is 2.99. The third kappa shape index (κ3) is 3.15. The molecule has 0 saturated carbocycles. The van der Waals surface area contributed by atoms with Gasteiger partial charge in [0.1, 0.15) is 0 Å². The summed E-state index contributed by atoms with van der Waals surface area (Å²) in [6.07, 6.45) is 0. The molecule has 4 nitrogen and oxygen atoms in total. The number of hydrogen-bond donors (Lipinski definition) is 1. The van der Waals surface area contributed by atoms with Gasteiger partial charge in [-0.25, -0.2) is 11.5 Å². The van der Waals surface area contributed by atoms with Crippen molar-refractivity contribution < 1.29 is 8.42 Å². The van der Waals surface area contributed by atoms with Crippen LogP contribution in [-0.2, 0) is 9.84 Å². The molecule has 0 spiro atoms. The van der Waals surface area contributed by atoms with Crippen LogP contribution in [0.25, 0.3) is 0 Å². The van der Waals surface area contributed by atoms with Gasteiger partial charge in [-0.1, -0.05) is 0 Å². The minimum absolute atomic E-state index is 0.0967. The fourth-order valence-electron chi connectivity index (χ4n) is 1.33. The Hall–Kier alpha value is 0.600. The molecule has 1 saturated heterocycles. The monoisotopic (exact) mass is 304 g/mol.